The van der Waals surface area contributed by atoms with Crippen molar-refractivity contribution in [2.75, 3.05) is 20.2 Å². The Kier molecular flexibility index (Phi) is 6.06. The molecule has 0 unspecified atom stereocenters. The van der Waals surface area contributed by atoms with Gasteiger partial charge in [0.2, 0.25) is 5.91 Å². The van der Waals surface area contributed by atoms with E-state index in [4.69, 9.17) is 4.74 Å². The van der Waals surface area contributed by atoms with Gasteiger partial charge in [0.05, 0.1) is 13.0 Å². The number of hydrogen-bond acceptors (Lipinski definition) is 3. The van der Waals surface area contributed by atoms with Gasteiger partial charge in [-0.2, -0.15) is 0 Å². The van der Waals surface area contributed by atoms with Gasteiger partial charge in [0.1, 0.15) is 11.6 Å². The molecule has 0 radical (unpaired) electrons. The Bertz CT molecular complexity index is 790. The lowest BCUT2D eigenvalue weighted by Gasteiger charge is -2.32. The number of likely N-dealkylation sites (tertiary alicyclic amines) is 1. The average molecular weight is 370 g/mol. The topological polar surface area (TPSA) is 58.6 Å². The van der Waals surface area contributed by atoms with Crippen LogP contribution in [0.2, 0.25) is 0 Å². The zero-order valence-corrected chi connectivity index (χ0v) is 15.3. The molecule has 5 nitrogen and oxygen atoms in total. The van der Waals surface area contributed by atoms with Crippen molar-refractivity contribution in [1.82, 2.24) is 10.2 Å². The molecule has 0 spiro atoms. The number of halogens is 1. The van der Waals surface area contributed by atoms with Crippen molar-refractivity contribution in [3.63, 3.8) is 0 Å². The van der Waals surface area contributed by atoms with Crippen LogP contribution in [0.1, 0.15) is 28.8 Å². The average Bonchev–Trinajstić information content (AvgIpc) is 2.72. The molecule has 0 bridgehead atoms. The number of nitrogens with zero attached hydrogens (tertiary/aromatic N) is 1. The largest absolute Gasteiger partial charge is 0.497 e. The molecule has 1 N–H and O–H groups in total. The summed E-state index contributed by atoms with van der Waals surface area (Å²) in [6, 6.07) is 13.0. The third-order valence-corrected chi connectivity index (χ3v) is 4.80. The van der Waals surface area contributed by atoms with E-state index in [1.165, 1.54) is 24.3 Å². The van der Waals surface area contributed by atoms with Crippen LogP contribution < -0.4 is 10.1 Å². The van der Waals surface area contributed by atoms with E-state index in [1.807, 2.05) is 24.3 Å². The Morgan fingerprint density at radius 1 is 1.15 bits per heavy atom. The number of hydrogen-bond donors (Lipinski definition) is 1. The summed E-state index contributed by atoms with van der Waals surface area (Å²) in [5, 5.41) is 2.95. The summed E-state index contributed by atoms with van der Waals surface area (Å²) in [7, 11) is 1.61. The molecule has 0 saturated carbocycles. The number of ether oxygens (including phenoxy) is 1. The molecule has 1 fully saturated rings. The first kappa shape index (κ1) is 18.9. The smallest absolute Gasteiger partial charge is 0.253 e. The normalized spacial score (nSPS) is 16.7. The van der Waals surface area contributed by atoms with Crippen LogP contribution in [0.15, 0.2) is 48.5 Å². The second-order valence-electron chi connectivity index (χ2n) is 6.66. The lowest BCUT2D eigenvalue weighted by molar-refractivity contribution is -0.126. The molecule has 1 atom stereocenters. The quantitative estimate of drug-likeness (QED) is 0.880. The van der Waals surface area contributed by atoms with Gasteiger partial charge in [-0.15, -0.1) is 0 Å². The summed E-state index contributed by atoms with van der Waals surface area (Å²) in [6.07, 6.45) is 1.52. The first-order chi connectivity index (χ1) is 13.1. The van der Waals surface area contributed by atoms with Crippen LogP contribution in [0.25, 0.3) is 0 Å². The molecule has 1 aliphatic heterocycles. The number of nitrogens with one attached hydrogen (secondary N) is 1. The second-order valence-corrected chi connectivity index (χ2v) is 6.66. The maximum Gasteiger partial charge on any atom is 0.253 e. The highest BCUT2D eigenvalue weighted by molar-refractivity contribution is 5.94. The second kappa shape index (κ2) is 8.66. The predicted molar refractivity (Wildman–Crippen MR) is 99.9 cm³/mol. The van der Waals surface area contributed by atoms with Crippen molar-refractivity contribution >= 4 is 11.8 Å². The van der Waals surface area contributed by atoms with Gasteiger partial charge in [0.25, 0.3) is 5.91 Å². The summed E-state index contributed by atoms with van der Waals surface area (Å²) in [5.74, 6) is -0.0558. The van der Waals surface area contributed by atoms with E-state index in [0.717, 1.165) is 24.2 Å². The third-order valence-electron chi connectivity index (χ3n) is 4.80. The van der Waals surface area contributed by atoms with Gasteiger partial charge in [-0.1, -0.05) is 12.1 Å². The van der Waals surface area contributed by atoms with Crippen LogP contribution in [-0.2, 0) is 11.3 Å². The Balaban J connectivity index is 1.55. The number of carbonyl (C=O) groups excluding carboxylic acids is 2. The van der Waals surface area contributed by atoms with Gasteiger partial charge in [-0.25, -0.2) is 4.39 Å². The lowest BCUT2D eigenvalue weighted by atomic mass is 9.96. The number of rotatable bonds is 5. The molecular weight excluding hydrogens is 347 g/mol. The minimum absolute atomic E-state index is 0.0533. The molecule has 1 aliphatic rings. The minimum Gasteiger partial charge on any atom is -0.497 e. The highest BCUT2D eigenvalue weighted by Crippen LogP contribution is 2.19. The van der Waals surface area contributed by atoms with E-state index in [1.54, 1.807) is 12.0 Å². The van der Waals surface area contributed by atoms with E-state index in [9.17, 15) is 14.0 Å². The van der Waals surface area contributed by atoms with Crippen molar-refractivity contribution in [2.24, 2.45) is 5.92 Å². The number of piperidine rings is 1. The van der Waals surface area contributed by atoms with Gasteiger partial charge in [-0.05, 0) is 54.8 Å². The Morgan fingerprint density at radius 3 is 2.52 bits per heavy atom. The van der Waals surface area contributed by atoms with E-state index in [0.29, 0.717) is 25.2 Å². The summed E-state index contributed by atoms with van der Waals surface area (Å²) in [6.45, 7) is 1.42. The number of benzene rings is 2. The van der Waals surface area contributed by atoms with Crippen molar-refractivity contribution in [3.05, 3.63) is 65.5 Å². The molecule has 3 rings (SSSR count). The molecule has 0 aliphatic carbocycles. The zero-order chi connectivity index (χ0) is 19.2. The lowest BCUT2D eigenvalue weighted by Crippen LogP contribution is -2.45. The molecule has 2 amide bonds. The van der Waals surface area contributed by atoms with E-state index in [-0.39, 0.29) is 23.5 Å². The highest BCUT2D eigenvalue weighted by Gasteiger charge is 2.28. The third kappa shape index (κ3) is 4.84. The molecule has 2 aromatic carbocycles. The van der Waals surface area contributed by atoms with Gasteiger partial charge in [0, 0.05) is 25.2 Å². The van der Waals surface area contributed by atoms with Crippen LogP contribution >= 0.6 is 0 Å². The summed E-state index contributed by atoms with van der Waals surface area (Å²) in [4.78, 5) is 26.8. The monoisotopic (exact) mass is 370 g/mol. The van der Waals surface area contributed by atoms with Gasteiger partial charge in [0.15, 0.2) is 0 Å². The standard InChI is InChI=1S/C21H23FN2O3/c1-27-19-10-4-15(5-11-19)13-23-20(25)17-3-2-12-24(14-17)21(26)16-6-8-18(22)9-7-16/h4-11,17H,2-3,12-14H2,1H3,(H,23,25)/t17-/m0/s1. The minimum atomic E-state index is -0.374. The molecular formula is C21H23FN2O3. The van der Waals surface area contributed by atoms with Crippen molar-refractivity contribution < 1.29 is 18.7 Å². The van der Waals surface area contributed by atoms with Crippen LogP contribution in [0.5, 0.6) is 5.75 Å². The molecule has 6 heteroatoms. The zero-order valence-electron chi connectivity index (χ0n) is 15.3. The van der Waals surface area contributed by atoms with Crippen LogP contribution in [0, 0.1) is 11.7 Å². The van der Waals surface area contributed by atoms with E-state index < -0.39 is 0 Å². The first-order valence-electron chi connectivity index (χ1n) is 9.02. The first-order valence-corrected chi connectivity index (χ1v) is 9.02. The molecule has 1 saturated heterocycles. The number of methoxy groups -OCH3 is 1. The Hall–Kier alpha value is -2.89. The van der Waals surface area contributed by atoms with Gasteiger partial charge >= 0.3 is 0 Å². The number of carbonyl (C=O) groups is 2. The maximum atomic E-state index is 13.0. The van der Waals surface area contributed by atoms with Crippen LogP contribution in [0.3, 0.4) is 0 Å². The van der Waals surface area contributed by atoms with E-state index >= 15 is 0 Å². The van der Waals surface area contributed by atoms with Gasteiger partial charge < -0.3 is 15.0 Å². The number of amides is 2. The fraction of sp³-hybridized carbons (Fsp3) is 0.333. The Labute approximate surface area is 158 Å². The van der Waals surface area contributed by atoms with Crippen molar-refractivity contribution in [2.45, 2.75) is 19.4 Å². The highest BCUT2D eigenvalue weighted by atomic mass is 19.1. The molecule has 0 aromatic heterocycles. The van der Waals surface area contributed by atoms with Crippen LogP contribution in [0.4, 0.5) is 4.39 Å². The molecule has 1 heterocycles. The van der Waals surface area contributed by atoms with Crippen molar-refractivity contribution in [1.29, 1.82) is 0 Å². The Morgan fingerprint density at radius 2 is 1.85 bits per heavy atom. The SMILES string of the molecule is COc1ccc(CNC(=O)[C@H]2CCCN(C(=O)c3ccc(F)cc3)C2)cc1. The maximum absolute atomic E-state index is 13.0. The fourth-order valence-electron chi connectivity index (χ4n) is 3.23. The van der Waals surface area contributed by atoms with E-state index in [2.05, 4.69) is 5.32 Å². The van der Waals surface area contributed by atoms with Gasteiger partial charge in [-0.3, -0.25) is 9.59 Å². The van der Waals surface area contributed by atoms with Crippen LogP contribution in [-0.4, -0.2) is 36.9 Å². The summed E-state index contributed by atoms with van der Waals surface area (Å²) >= 11 is 0. The van der Waals surface area contributed by atoms with Crippen molar-refractivity contribution in [3.8, 4) is 5.75 Å². The fourth-order valence-corrected chi connectivity index (χ4v) is 3.23. The predicted octanol–water partition coefficient (Wildman–Crippen LogP) is 3.00. The summed E-state index contributed by atoms with van der Waals surface area (Å²) in [5.41, 5.74) is 1.43. The summed E-state index contributed by atoms with van der Waals surface area (Å²) < 4.78 is 18.2. The molecule has 27 heavy (non-hydrogen) atoms. The molecule has 2 aromatic rings. The molecule has 142 valence electrons.